The maximum absolute atomic E-state index is 11.6. The topological polar surface area (TPSA) is 96.9 Å². The number of nitrogens with zero attached hydrogens (tertiary/aromatic N) is 1. The number of nitrogens with one attached hydrogen (secondary N) is 1. The van der Waals surface area contributed by atoms with Crippen LogP contribution < -0.4 is 11.1 Å². The number of ether oxygens (including phenoxy) is 1. The second-order valence-corrected chi connectivity index (χ2v) is 3.90. The molecule has 4 N–H and O–H groups in total. The third-order valence-electron chi connectivity index (χ3n) is 2.57. The summed E-state index contributed by atoms with van der Waals surface area (Å²) in [5, 5.41) is 14.0. The van der Waals surface area contributed by atoms with Gasteiger partial charge in [0.1, 0.15) is 5.84 Å². The number of hydrogen-bond donors (Lipinski definition) is 3. The average molecular weight is 229 g/mol. The highest BCUT2D eigenvalue weighted by molar-refractivity contribution is 5.80. The molecule has 0 aromatic carbocycles. The van der Waals surface area contributed by atoms with Gasteiger partial charge in [0.25, 0.3) is 0 Å². The van der Waals surface area contributed by atoms with Gasteiger partial charge in [-0.3, -0.25) is 4.79 Å². The van der Waals surface area contributed by atoms with E-state index in [1.165, 1.54) is 0 Å². The Balaban J connectivity index is 2.10. The summed E-state index contributed by atoms with van der Waals surface area (Å²) < 4.78 is 5.23. The highest BCUT2D eigenvalue weighted by Crippen LogP contribution is 2.13. The van der Waals surface area contributed by atoms with Gasteiger partial charge in [0, 0.05) is 19.6 Å². The fourth-order valence-electron chi connectivity index (χ4n) is 1.62. The Hall–Kier alpha value is -1.30. The number of amidine groups is 1. The summed E-state index contributed by atoms with van der Waals surface area (Å²) in [6, 6.07) is 0. The zero-order chi connectivity index (χ0) is 11.8. The molecular formula is C10H19N3O3. The van der Waals surface area contributed by atoms with Crippen LogP contribution in [-0.2, 0) is 9.53 Å². The number of amides is 1. The summed E-state index contributed by atoms with van der Waals surface area (Å²) >= 11 is 0. The van der Waals surface area contributed by atoms with Crippen molar-refractivity contribution in [3.8, 4) is 0 Å². The number of nitrogens with two attached hydrogens (primary N) is 1. The molecule has 1 aliphatic rings. The smallest absolute Gasteiger partial charge is 0.225 e. The Kier molecular flexibility index (Phi) is 5.63. The van der Waals surface area contributed by atoms with Crippen LogP contribution >= 0.6 is 0 Å². The van der Waals surface area contributed by atoms with E-state index in [0.29, 0.717) is 26.0 Å². The van der Waals surface area contributed by atoms with Crippen molar-refractivity contribution in [1.82, 2.24) is 5.32 Å². The molecule has 92 valence electrons. The Morgan fingerprint density at radius 2 is 2.44 bits per heavy atom. The molecule has 1 unspecified atom stereocenters. The molecule has 6 heteroatoms. The fourth-order valence-corrected chi connectivity index (χ4v) is 1.62. The number of rotatable bonds is 5. The zero-order valence-electron chi connectivity index (χ0n) is 9.32. The molecule has 16 heavy (non-hydrogen) atoms. The summed E-state index contributed by atoms with van der Waals surface area (Å²) in [7, 11) is 0. The van der Waals surface area contributed by atoms with Crippen LogP contribution in [0.2, 0.25) is 0 Å². The Morgan fingerprint density at radius 1 is 1.62 bits per heavy atom. The van der Waals surface area contributed by atoms with E-state index in [1.54, 1.807) is 0 Å². The highest BCUT2D eigenvalue weighted by Gasteiger charge is 2.20. The molecule has 1 atom stereocenters. The van der Waals surface area contributed by atoms with Crippen LogP contribution in [0.5, 0.6) is 0 Å². The maximum atomic E-state index is 11.6. The fraction of sp³-hybridized carbons (Fsp3) is 0.800. The third kappa shape index (κ3) is 4.48. The van der Waals surface area contributed by atoms with E-state index in [4.69, 9.17) is 15.7 Å². The lowest BCUT2D eigenvalue weighted by Gasteiger charge is -2.21. The lowest BCUT2D eigenvalue weighted by molar-refractivity contribution is -0.128. The van der Waals surface area contributed by atoms with Crippen LogP contribution in [0.1, 0.15) is 25.7 Å². The first kappa shape index (κ1) is 12.8. The van der Waals surface area contributed by atoms with E-state index in [2.05, 4.69) is 10.5 Å². The van der Waals surface area contributed by atoms with Crippen molar-refractivity contribution in [2.75, 3.05) is 19.8 Å². The molecule has 1 fully saturated rings. The van der Waals surface area contributed by atoms with Gasteiger partial charge in [-0.1, -0.05) is 5.16 Å². The average Bonchev–Trinajstić information content (AvgIpc) is 2.35. The van der Waals surface area contributed by atoms with Crippen molar-refractivity contribution in [2.45, 2.75) is 25.7 Å². The molecule has 1 heterocycles. The monoisotopic (exact) mass is 229 g/mol. The van der Waals surface area contributed by atoms with E-state index in [-0.39, 0.29) is 17.7 Å². The van der Waals surface area contributed by atoms with Crippen LogP contribution in [-0.4, -0.2) is 36.7 Å². The highest BCUT2D eigenvalue weighted by atomic mass is 16.5. The van der Waals surface area contributed by atoms with Crippen molar-refractivity contribution >= 4 is 11.7 Å². The van der Waals surface area contributed by atoms with Crippen LogP contribution in [0, 0.1) is 5.92 Å². The third-order valence-corrected chi connectivity index (χ3v) is 2.57. The van der Waals surface area contributed by atoms with Crippen molar-refractivity contribution in [3.05, 3.63) is 0 Å². The molecule has 1 saturated heterocycles. The largest absolute Gasteiger partial charge is 0.409 e. The molecule has 0 aromatic rings. The predicted octanol–water partition coefficient (Wildman–Crippen LogP) is 0.0558. The Labute approximate surface area is 94.8 Å². The summed E-state index contributed by atoms with van der Waals surface area (Å²) in [6.07, 6.45) is 3.00. The summed E-state index contributed by atoms with van der Waals surface area (Å²) in [5.74, 6) is 0.215. The van der Waals surface area contributed by atoms with E-state index >= 15 is 0 Å². The molecule has 0 aromatic heterocycles. The van der Waals surface area contributed by atoms with E-state index in [1.807, 2.05) is 0 Å². The minimum Gasteiger partial charge on any atom is -0.409 e. The lowest BCUT2D eigenvalue weighted by Crippen LogP contribution is -2.36. The van der Waals surface area contributed by atoms with Gasteiger partial charge in [-0.05, 0) is 19.3 Å². The van der Waals surface area contributed by atoms with Gasteiger partial charge in [0.2, 0.25) is 5.91 Å². The number of carbonyl (C=O) groups is 1. The van der Waals surface area contributed by atoms with Crippen LogP contribution in [0.3, 0.4) is 0 Å². The first-order valence-corrected chi connectivity index (χ1v) is 5.56. The molecule has 1 amide bonds. The molecule has 6 nitrogen and oxygen atoms in total. The van der Waals surface area contributed by atoms with Crippen molar-refractivity contribution < 1.29 is 14.7 Å². The van der Waals surface area contributed by atoms with E-state index in [9.17, 15) is 4.79 Å². The Bertz CT molecular complexity index is 250. The summed E-state index contributed by atoms with van der Waals surface area (Å²) in [5.41, 5.74) is 5.30. The van der Waals surface area contributed by atoms with Crippen molar-refractivity contribution in [2.24, 2.45) is 16.8 Å². The first-order valence-electron chi connectivity index (χ1n) is 5.56. The van der Waals surface area contributed by atoms with E-state index in [0.717, 1.165) is 19.4 Å². The van der Waals surface area contributed by atoms with Crippen LogP contribution in [0.15, 0.2) is 5.16 Å². The van der Waals surface area contributed by atoms with Crippen molar-refractivity contribution in [1.29, 1.82) is 0 Å². The molecule has 1 rings (SSSR count). The van der Waals surface area contributed by atoms with Crippen LogP contribution in [0.25, 0.3) is 0 Å². The predicted molar refractivity (Wildman–Crippen MR) is 59.2 cm³/mol. The van der Waals surface area contributed by atoms with E-state index < -0.39 is 0 Å². The second kappa shape index (κ2) is 7.05. The molecule has 0 radical (unpaired) electrons. The van der Waals surface area contributed by atoms with Gasteiger partial charge in [0.15, 0.2) is 0 Å². The lowest BCUT2D eigenvalue weighted by atomic mass is 10.0. The standard InChI is InChI=1S/C10H19N3O3/c11-9(13-15)4-1-5-12-10(14)8-3-2-6-16-7-8/h8,15H,1-7H2,(H2,11,13)(H,12,14). The minimum absolute atomic E-state index is 0.0161. The number of oxime groups is 1. The van der Waals surface area contributed by atoms with Gasteiger partial charge >= 0.3 is 0 Å². The molecule has 0 aliphatic carbocycles. The van der Waals surface area contributed by atoms with Gasteiger partial charge in [-0.2, -0.15) is 0 Å². The van der Waals surface area contributed by atoms with Gasteiger partial charge < -0.3 is 21.0 Å². The quantitative estimate of drug-likeness (QED) is 0.204. The van der Waals surface area contributed by atoms with Crippen molar-refractivity contribution in [3.63, 3.8) is 0 Å². The first-order chi connectivity index (χ1) is 7.74. The SMILES string of the molecule is NC(CCCNC(=O)C1CCCOC1)=NO. The van der Waals surface area contributed by atoms with Crippen LogP contribution in [0.4, 0.5) is 0 Å². The molecular weight excluding hydrogens is 210 g/mol. The number of hydrogen-bond acceptors (Lipinski definition) is 4. The summed E-state index contributed by atoms with van der Waals surface area (Å²) in [4.78, 5) is 11.6. The summed E-state index contributed by atoms with van der Waals surface area (Å²) in [6.45, 7) is 1.82. The minimum atomic E-state index is -0.0161. The normalized spacial score (nSPS) is 21.8. The molecule has 0 bridgehead atoms. The maximum Gasteiger partial charge on any atom is 0.225 e. The second-order valence-electron chi connectivity index (χ2n) is 3.90. The van der Waals surface area contributed by atoms with Gasteiger partial charge in [-0.15, -0.1) is 0 Å². The number of carbonyl (C=O) groups excluding carboxylic acids is 1. The van der Waals surface area contributed by atoms with Gasteiger partial charge in [0.05, 0.1) is 12.5 Å². The molecule has 0 saturated carbocycles. The molecule has 1 aliphatic heterocycles. The Morgan fingerprint density at radius 3 is 3.06 bits per heavy atom. The molecule has 0 spiro atoms. The zero-order valence-corrected chi connectivity index (χ0v) is 9.32. The van der Waals surface area contributed by atoms with Gasteiger partial charge in [-0.25, -0.2) is 0 Å².